The monoisotopic (exact) mass is 475 g/mol. The first kappa shape index (κ1) is 22.3. The maximum atomic E-state index is 13.1. The number of thiophene rings is 1. The summed E-state index contributed by atoms with van der Waals surface area (Å²) in [4.78, 5) is 44.7. The summed E-state index contributed by atoms with van der Waals surface area (Å²) in [6, 6.07) is 18.0. The van der Waals surface area contributed by atoms with Crippen LogP contribution in [-0.4, -0.2) is 61.8 Å². The number of carbonyl (C=O) groups excluding carboxylic acids is 3. The second-order valence-electron chi connectivity index (χ2n) is 8.37. The highest BCUT2D eigenvalue weighted by atomic mass is 32.1. The second-order valence-corrected chi connectivity index (χ2v) is 9.31. The van der Waals surface area contributed by atoms with E-state index in [-0.39, 0.29) is 24.0 Å². The van der Waals surface area contributed by atoms with Crippen molar-refractivity contribution >= 4 is 40.3 Å². The molecule has 34 heavy (non-hydrogen) atoms. The van der Waals surface area contributed by atoms with Gasteiger partial charge in [-0.25, -0.2) is 4.90 Å². The maximum Gasteiger partial charge on any atom is 0.251 e. The Hall–Kier alpha value is -3.49. The van der Waals surface area contributed by atoms with E-state index in [1.807, 2.05) is 41.8 Å². The van der Waals surface area contributed by atoms with Crippen LogP contribution in [0, 0.1) is 0 Å². The second kappa shape index (κ2) is 9.40. The van der Waals surface area contributed by atoms with Crippen LogP contribution in [0.25, 0.3) is 0 Å². The van der Waals surface area contributed by atoms with Crippen molar-refractivity contribution in [1.82, 2.24) is 4.90 Å². The summed E-state index contributed by atoms with van der Waals surface area (Å²) in [6.45, 7) is 2.86. The van der Waals surface area contributed by atoms with Crippen LogP contribution in [0.15, 0.2) is 66.0 Å². The molecule has 3 aromatic rings. The van der Waals surface area contributed by atoms with Gasteiger partial charge in [-0.1, -0.05) is 12.1 Å². The first-order valence-electron chi connectivity index (χ1n) is 11.2. The van der Waals surface area contributed by atoms with Crippen molar-refractivity contribution in [2.75, 3.05) is 43.1 Å². The molecule has 174 valence electrons. The zero-order valence-electron chi connectivity index (χ0n) is 18.8. The van der Waals surface area contributed by atoms with Crippen molar-refractivity contribution in [2.24, 2.45) is 0 Å². The normalized spacial score (nSPS) is 19.0. The van der Waals surface area contributed by atoms with Crippen LogP contribution >= 0.6 is 11.3 Å². The fourth-order valence-electron chi connectivity index (χ4n) is 4.59. The van der Waals surface area contributed by atoms with Crippen LogP contribution in [0.3, 0.4) is 0 Å². The Morgan fingerprint density at radius 3 is 2.38 bits per heavy atom. The highest BCUT2D eigenvalue weighted by Crippen LogP contribution is 2.29. The van der Waals surface area contributed by atoms with Crippen molar-refractivity contribution in [1.29, 1.82) is 0 Å². The predicted octanol–water partition coefficient (Wildman–Crippen LogP) is 3.44. The first-order valence-corrected chi connectivity index (χ1v) is 12.1. The number of anilines is 2. The molecule has 1 aromatic heterocycles. The van der Waals surface area contributed by atoms with Crippen LogP contribution in [0.5, 0.6) is 5.75 Å². The highest BCUT2D eigenvalue weighted by molar-refractivity contribution is 7.12. The standard InChI is InChI=1S/C26H25N3O4S/c1-33-21-5-2-4-20(16-21)29-24(30)17-22(26(29)32)28-13-11-27(12-14-28)19-9-7-18(8-10-19)25(31)23-6-3-15-34-23/h2-10,15-16,22H,11-14,17H2,1H3. The van der Waals surface area contributed by atoms with Gasteiger partial charge in [-0.3, -0.25) is 19.3 Å². The summed E-state index contributed by atoms with van der Waals surface area (Å²) < 4.78 is 5.24. The van der Waals surface area contributed by atoms with E-state index >= 15 is 0 Å². The molecule has 0 bridgehead atoms. The Kier molecular flexibility index (Phi) is 6.17. The number of carbonyl (C=O) groups is 3. The fraction of sp³-hybridized carbons (Fsp3) is 0.269. The van der Waals surface area contributed by atoms with E-state index in [0.29, 0.717) is 30.1 Å². The molecule has 5 rings (SSSR count). The number of hydrogen-bond donors (Lipinski definition) is 0. The summed E-state index contributed by atoms with van der Waals surface area (Å²) >= 11 is 1.44. The molecular formula is C26H25N3O4S. The number of ether oxygens (including phenoxy) is 1. The number of hydrogen-bond acceptors (Lipinski definition) is 7. The van der Waals surface area contributed by atoms with Gasteiger partial charge in [0.1, 0.15) is 5.75 Å². The molecule has 2 aliphatic heterocycles. The van der Waals surface area contributed by atoms with Gasteiger partial charge < -0.3 is 9.64 Å². The number of piperazine rings is 1. The number of benzene rings is 2. The van der Waals surface area contributed by atoms with Gasteiger partial charge in [-0.2, -0.15) is 0 Å². The van der Waals surface area contributed by atoms with Crippen molar-refractivity contribution in [2.45, 2.75) is 12.5 Å². The molecule has 0 N–H and O–H groups in total. The van der Waals surface area contributed by atoms with Crippen LogP contribution in [0.2, 0.25) is 0 Å². The van der Waals surface area contributed by atoms with E-state index in [9.17, 15) is 14.4 Å². The lowest BCUT2D eigenvalue weighted by Gasteiger charge is -2.38. The van der Waals surface area contributed by atoms with E-state index in [0.717, 1.165) is 23.7 Å². The van der Waals surface area contributed by atoms with Gasteiger partial charge >= 0.3 is 0 Å². The van der Waals surface area contributed by atoms with Crippen molar-refractivity contribution in [3.8, 4) is 5.75 Å². The quantitative estimate of drug-likeness (QED) is 0.402. The molecule has 1 unspecified atom stereocenters. The molecule has 2 saturated heterocycles. The summed E-state index contributed by atoms with van der Waals surface area (Å²) in [7, 11) is 1.56. The fourth-order valence-corrected chi connectivity index (χ4v) is 5.27. The van der Waals surface area contributed by atoms with E-state index in [4.69, 9.17) is 4.74 Å². The lowest BCUT2D eigenvalue weighted by atomic mass is 10.1. The molecule has 1 atom stereocenters. The number of rotatable bonds is 6. The maximum absolute atomic E-state index is 13.1. The Bertz CT molecular complexity index is 1200. The molecule has 0 spiro atoms. The first-order chi connectivity index (χ1) is 16.5. The Labute approximate surface area is 202 Å². The molecule has 2 aromatic carbocycles. The Balaban J connectivity index is 1.22. The SMILES string of the molecule is COc1cccc(N2C(=O)CC(N3CCN(c4ccc(C(=O)c5cccs5)cc4)CC3)C2=O)c1. The molecule has 8 heteroatoms. The lowest BCUT2D eigenvalue weighted by Crippen LogP contribution is -2.52. The zero-order valence-corrected chi connectivity index (χ0v) is 19.7. The van der Waals surface area contributed by atoms with Crippen molar-refractivity contribution < 1.29 is 19.1 Å². The van der Waals surface area contributed by atoms with Gasteiger partial charge in [0, 0.05) is 43.5 Å². The highest BCUT2D eigenvalue weighted by Gasteiger charge is 2.43. The van der Waals surface area contributed by atoms with Gasteiger partial charge in [-0.05, 0) is 47.8 Å². The smallest absolute Gasteiger partial charge is 0.251 e. The van der Waals surface area contributed by atoms with E-state index in [1.165, 1.54) is 16.2 Å². The lowest BCUT2D eigenvalue weighted by molar-refractivity contribution is -0.123. The number of nitrogens with zero attached hydrogens (tertiary/aromatic N) is 3. The molecule has 0 radical (unpaired) electrons. The molecule has 7 nitrogen and oxygen atoms in total. The van der Waals surface area contributed by atoms with Gasteiger partial charge in [0.05, 0.1) is 30.1 Å². The Morgan fingerprint density at radius 1 is 0.941 bits per heavy atom. The van der Waals surface area contributed by atoms with Gasteiger partial charge in [-0.15, -0.1) is 11.3 Å². The molecule has 2 amide bonds. The van der Waals surface area contributed by atoms with Gasteiger partial charge in [0.15, 0.2) is 0 Å². The van der Waals surface area contributed by atoms with Gasteiger partial charge in [0.25, 0.3) is 5.91 Å². The molecule has 0 aliphatic carbocycles. The number of ketones is 1. The molecule has 0 saturated carbocycles. The third kappa shape index (κ3) is 4.22. The average molecular weight is 476 g/mol. The molecule has 2 aliphatic rings. The van der Waals surface area contributed by atoms with Crippen LogP contribution in [0.1, 0.15) is 21.7 Å². The summed E-state index contributed by atoms with van der Waals surface area (Å²) in [5.41, 5.74) is 2.28. The number of imide groups is 1. The Morgan fingerprint density at radius 2 is 1.71 bits per heavy atom. The number of amides is 2. The van der Waals surface area contributed by atoms with E-state index < -0.39 is 6.04 Å². The zero-order chi connectivity index (χ0) is 23.7. The van der Waals surface area contributed by atoms with Crippen LogP contribution in [-0.2, 0) is 9.59 Å². The topological polar surface area (TPSA) is 70.2 Å². The van der Waals surface area contributed by atoms with Crippen LogP contribution < -0.4 is 14.5 Å². The van der Waals surface area contributed by atoms with E-state index in [2.05, 4.69) is 9.80 Å². The minimum absolute atomic E-state index is 0.0383. The largest absolute Gasteiger partial charge is 0.497 e. The number of methoxy groups -OCH3 is 1. The van der Waals surface area contributed by atoms with Crippen LogP contribution in [0.4, 0.5) is 11.4 Å². The molecular weight excluding hydrogens is 450 g/mol. The molecule has 2 fully saturated rings. The van der Waals surface area contributed by atoms with Gasteiger partial charge in [0.2, 0.25) is 11.7 Å². The molecule has 3 heterocycles. The van der Waals surface area contributed by atoms with E-state index in [1.54, 1.807) is 31.4 Å². The minimum Gasteiger partial charge on any atom is -0.497 e. The van der Waals surface area contributed by atoms with Crippen molar-refractivity contribution in [3.63, 3.8) is 0 Å². The minimum atomic E-state index is -0.438. The average Bonchev–Trinajstić information content (AvgIpc) is 3.52. The third-order valence-electron chi connectivity index (χ3n) is 6.43. The summed E-state index contributed by atoms with van der Waals surface area (Å²) in [5.74, 6) is 0.287. The van der Waals surface area contributed by atoms with Crippen molar-refractivity contribution in [3.05, 3.63) is 76.5 Å². The summed E-state index contributed by atoms with van der Waals surface area (Å²) in [5, 5.41) is 1.90. The third-order valence-corrected chi connectivity index (χ3v) is 7.30. The predicted molar refractivity (Wildman–Crippen MR) is 132 cm³/mol. The summed E-state index contributed by atoms with van der Waals surface area (Å²) in [6.07, 6.45) is 0.190.